The first-order valence-electron chi connectivity index (χ1n) is 4.96. The van der Waals surface area contributed by atoms with Gasteiger partial charge in [0.25, 0.3) is 0 Å². The van der Waals surface area contributed by atoms with E-state index in [0.29, 0.717) is 0 Å². The maximum atomic E-state index is 11.9. The average molecular weight is 213 g/mol. The Morgan fingerprint density at radius 1 is 1.50 bits per heavy atom. The molecule has 0 saturated carbocycles. The third kappa shape index (κ3) is 1.57. The van der Waals surface area contributed by atoms with Gasteiger partial charge in [0.05, 0.1) is 12.0 Å². The maximum Gasteiger partial charge on any atom is 0.168 e. The molecule has 4 heteroatoms. The lowest BCUT2D eigenvalue weighted by molar-refractivity contribution is -0.117. The zero-order valence-electron chi connectivity index (χ0n) is 8.84. The van der Waals surface area contributed by atoms with Gasteiger partial charge in [-0.15, -0.1) is 0 Å². The third-order valence-corrected chi connectivity index (χ3v) is 2.76. The Hall–Kier alpha value is -2.15. The van der Waals surface area contributed by atoms with E-state index in [9.17, 15) is 10.1 Å². The summed E-state index contributed by atoms with van der Waals surface area (Å²) in [6.07, 6.45) is 6.24. The molecule has 0 aromatic carbocycles. The van der Waals surface area contributed by atoms with Crippen molar-refractivity contribution in [2.45, 2.75) is 18.4 Å². The summed E-state index contributed by atoms with van der Waals surface area (Å²) in [7, 11) is 0. The van der Waals surface area contributed by atoms with Crippen LogP contribution in [0, 0.1) is 11.3 Å². The van der Waals surface area contributed by atoms with Gasteiger partial charge >= 0.3 is 0 Å². The zero-order valence-corrected chi connectivity index (χ0v) is 8.84. The van der Waals surface area contributed by atoms with Crippen molar-refractivity contribution in [2.75, 3.05) is 0 Å². The highest BCUT2D eigenvalue weighted by atomic mass is 16.1. The Morgan fingerprint density at radius 3 is 2.81 bits per heavy atom. The number of nitriles is 1. The molecule has 0 fully saturated rings. The SMILES string of the molecule is CC1(C#N)NC=CC(=O)C1c1ccncc1. The molecule has 1 aliphatic heterocycles. The number of pyridine rings is 1. The molecule has 0 spiro atoms. The van der Waals surface area contributed by atoms with Gasteiger partial charge in [-0.2, -0.15) is 5.26 Å². The first-order chi connectivity index (χ1) is 7.67. The van der Waals surface area contributed by atoms with Gasteiger partial charge in [-0.25, -0.2) is 0 Å². The minimum atomic E-state index is -0.896. The van der Waals surface area contributed by atoms with Crippen molar-refractivity contribution in [1.29, 1.82) is 5.26 Å². The molecule has 0 bridgehead atoms. The van der Waals surface area contributed by atoms with Crippen LogP contribution in [-0.2, 0) is 4.79 Å². The summed E-state index contributed by atoms with van der Waals surface area (Å²) in [5.41, 5.74) is -0.0893. The molecular formula is C12H11N3O. The first-order valence-corrected chi connectivity index (χ1v) is 4.96. The van der Waals surface area contributed by atoms with Crippen LogP contribution in [0.5, 0.6) is 0 Å². The molecule has 1 N–H and O–H groups in total. The van der Waals surface area contributed by atoms with Gasteiger partial charge in [-0.3, -0.25) is 9.78 Å². The van der Waals surface area contributed by atoms with Crippen LogP contribution in [-0.4, -0.2) is 16.3 Å². The molecule has 16 heavy (non-hydrogen) atoms. The summed E-state index contributed by atoms with van der Waals surface area (Å²) >= 11 is 0. The molecule has 1 aliphatic rings. The summed E-state index contributed by atoms with van der Waals surface area (Å²) in [5, 5.41) is 12.1. The molecule has 2 atom stereocenters. The fourth-order valence-corrected chi connectivity index (χ4v) is 1.91. The van der Waals surface area contributed by atoms with E-state index in [0.717, 1.165) is 5.56 Å². The van der Waals surface area contributed by atoms with E-state index in [1.54, 1.807) is 31.5 Å². The number of hydrogen-bond acceptors (Lipinski definition) is 4. The van der Waals surface area contributed by atoms with Crippen LogP contribution >= 0.6 is 0 Å². The van der Waals surface area contributed by atoms with Crippen molar-refractivity contribution in [3.05, 3.63) is 42.4 Å². The molecule has 0 amide bonds. The Kier molecular flexibility index (Phi) is 2.45. The number of carbonyl (C=O) groups is 1. The predicted molar refractivity (Wildman–Crippen MR) is 58.3 cm³/mol. The van der Waals surface area contributed by atoms with E-state index in [1.165, 1.54) is 12.3 Å². The molecule has 1 aromatic rings. The molecule has 0 radical (unpaired) electrons. The Balaban J connectivity index is 2.49. The van der Waals surface area contributed by atoms with Gasteiger partial charge in [-0.05, 0) is 30.7 Å². The van der Waals surface area contributed by atoms with E-state index in [1.807, 2.05) is 0 Å². The summed E-state index contributed by atoms with van der Waals surface area (Å²) in [4.78, 5) is 15.8. The van der Waals surface area contributed by atoms with E-state index >= 15 is 0 Å². The van der Waals surface area contributed by atoms with Crippen molar-refractivity contribution in [3.8, 4) is 6.07 Å². The largest absolute Gasteiger partial charge is 0.373 e. The number of allylic oxidation sites excluding steroid dienone is 1. The molecule has 0 saturated heterocycles. The Labute approximate surface area is 93.6 Å². The molecule has 0 aliphatic carbocycles. The van der Waals surface area contributed by atoms with Gasteiger partial charge in [0.15, 0.2) is 5.78 Å². The van der Waals surface area contributed by atoms with Crippen LogP contribution in [0.4, 0.5) is 0 Å². The normalized spacial score (nSPS) is 28.2. The zero-order chi connectivity index (χ0) is 11.6. The average Bonchev–Trinajstić information content (AvgIpc) is 2.30. The van der Waals surface area contributed by atoms with E-state index in [-0.39, 0.29) is 5.78 Å². The number of rotatable bonds is 1. The minimum Gasteiger partial charge on any atom is -0.373 e. The van der Waals surface area contributed by atoms with Crippen molar-refractivity contribution in [3.63, 3.8) is 0 Å². The molecular weight excluding hydrogens is 202 g/mol. The summed E-state index contributed by atoms with van der Waals surface area (Å²) < 4.78 is 0. The Morgan fingerprint density at radius 2 is 2.19 bits per heavy atom. The molecule has 2 unspecified atom stereocenters. The van der Waals surface area contributed by atoms with Crippen LogP contribution < -0.4 is 5.32 Å². The summed E-state index contributed by atoms with van der Waals surface area (Å²) in [6, 6.07) is 5.68. The van der Waals surface area contributed by atoms with Gasteiger partial charge in [0.2, 0.25) is 0 Å². The fraction of sp³-hybridized carbons (Fsp3) is 0.250. The highest BCUT2D eigenvalue weighted by Crippen LogP contribution is 2.31. The van der Waals surface area contributed by atoms with Crippen molar-refractivity contribution in [1.82, 2.24) is 10.3 Å². The fourth-order valence-electron chi connectivity index (χ4n) is 1.91. The predicted octanol–water partition coefficient (Wildman–Crippen LogP) is 1.13. The number of nitrogens with zero attached hydrogens (tertiary/aromatic N) is 2. The number of nitrogens with one attached hydrogen (secondary N) is 1. The first kappa shape index (κ1) is 10.4. The van der Waals surface area contributed by atoms with Crippen molar-refractivity contribution >= 4 is 5.78 Å². The molecule has 2 heterocycles. The highest BCUT2D eigenvalue weighted by Gasteiger charge is 2.41. The Bertz CT molecular complexity index is 475. The van der Waals surface area contributed by atoms with E-state index in [2.05, 4.69) is 16.4 Å². The van der Waals surface area contributed by atoms with Gasteiger partial charge < -0.3 is 5.32 Å². The number of carbonyl (C=O) groups excluding carboxylic acids is 1. The second-order valence-corrected chi connectivity index (χ2v) is 3.91. The van der Waals surface area contributed by atoms with Gasteiger partial charge in [-0.1, -0.05) is 0 Å². The van der Waals surface area contributed by atoms with Crippen molar-refractivity contribution < 1.29 is 4.79 Å². The standard InChI is InChI=1S/C12H11N3O/c1-12(8-13)11(10(16)4-7-15-12)9-2-5-14-6-3-9/h2-7,11,15H,1H3. The number of hydrogen-bond donors (Lipinski definition) is 1. The van der Waals surface area contributed by atoms with Crippen LogP contribution in [0.15, 0.2) is 36.8 Å². The van der Waals surface area contributed by atoms with Crippen LogP contribution in [0.3, 0.4) is 0 Å². The third-order valence-electron chi connectivity index (χ3n) is 2.76. The lowest BCUT2D eigenvalue weighted by Crippen LogP contribution is -2.49. The quantitative estimate of drug-likeness (QED) is 0.759. The molecule has 4 nitrogen and oxygen atoms in total. The minimum absolute atomic E-state index is 0.0611. The van der Waals surface area contributed by atoms with E-state index in [4.69, 9.17) is 0 Å². The second kappa shape index (κ2) is 3.78. The maximum absolute atomic E-state index is 11.9. The van der Waals surface area contributed by atoms with Crippen LogP contribution in [0.2, 0.25) is 0 Å². The summed E-state index contributed by atoms with van der Waals surface area (Å²) in [6.45, 7) is 1.72. The molecule has 80 valence electrons. The summed E-state index contributed by atoms with van der Waals surface area (Å²) in [5.74, 6) is -0.542. The van der Waals surface area contributed by atoms with Crippen LogP contribution in [0.1, 0.15) is 18.4 Å². The monoisotopic (exact) mass is 213 g/mol. The molecule has 2 rings (SSSR count). The smallest absolute Gasteiger partial charge is 0.168 e. The highest BCUT2D eigenvalue weighted by molar-refractivity contribution is 5.98. The number of aromatic nitrogens is 1. The lowest BCUT2D eigenvalue weighted by Gasteiger charge is -2.33. The van der Waals surface area contributed by atoms with Crippen molar-refractivity contribution in [2.24, 2.45) is 0 Å². The molecule has 1 aromatic heterocycles. The number of ketones is 1. The van der Waals surface area contributed by atoms with Gasteiger partial charge in [0, 0.05) is 18.6 Å². The van der Waals surface area contributed by atoms with E-state index < -0.39 is 11.5 Å². The topological polar surface area (TPSA) is 65.8 Å². The second-order valence-electron chi connectivity index (χ2n) is 3.91. The lowest BCUT2D eigenvalue weighted by atomic mass is 9.77. The van der Waals surface area contributed by atoms with Crippen LogP contribution in [0.25, 0.3) is 0 Å². The van der Waals surface area contributed by atoms with Gasteiger partial charge in [0.1, 0.15) is 5.54 Å².